The first-order valence-electron chi connectivity index (χ1n) is 9.86. The molecular formula is C23H29NO7. The highest BCUT2D eigenvalue weighted by atomic mass is 16.5. The number of oxime groups is 1. The van der Waals surface area contributed by atoms with Crippen molar-refractivity contribution in [3.63, 3.8) is 0 Å². The molecule has 168 valence electrons. The van der Waals surface area contributed by atoms with Gasteiger partial charge in [0.2, 0.25) is 11.5 Å². The predicted molar refractivity (Wildman–Crippen MR) is 116 cm³/mol. The van der Waals surface area contributed by atoms with E-state index >= 15 is 0 Å². The molecule has 0 atom stereocenters. The molecule has 0 aromatic heterocycles. The van der Waals surface area contributed by atoms with Crippen LogP contribution in [0.5, 0.6) is 34.5 Å². The number of hydrogen-bond donors (Lipinski definition) is 1. The third-order valence-electron chi connectivity index (χ3n) is 5.89. The minimum atomic E-state index is -0.742. The van der Waals surface area contributed by atoms with Gasteiger partial charge in [-0.25, -0.2) is 0 Å². The van der Waals surface area contributed by atoms with Crippen LogP contribution in [0.4, 0.5) is 0 Å². The van der Waals surface area contributed by atoms with Crippen LogP contribution in [0.15, 0.2) is 29.4 Å². The van der Waals surface area contributed by atoms with Crippen LogP contribution in [-0.4, -0.2) is 53.6 Å². The van der Waals surface area contributed by atoms with Crippen molar-refractivity contribution in [3.05, 3.63) is 35.4 Å². The Bertz CT molecular complexity index is 857. The zero-order chi connectivity index (χ0) is 22.6. The Balaban J connectivity index is 2.37. The van der Waals surface area contributed by atoms with Crippen molar-refractivity contribution in [3.8, 4) is 34.5 Å². The Morgan fingerprint density at radius 2 is 1.06 bits per heavy atom. The van der Waals surface area contributed by atoms with Crippen LogP contribution in [0.3, 0.4) is 0 Å². The Hall–Kier alpha value is -3.29. The zero-order valence-corrected chi connectivity index (χ0v) is 18.8. The molecule has 0 heterocycles. The van der Waals surface area contributed by atoms with E-state index in [-0.39, 0.29) is 0 Å². The van der Waals surface area contributed by atoms with Gasteiger partial charge in [0.15, 0.2) is 23.0 Å². The van der Waals surface area contributed by atoms with Gasteiger partial charge in [-0.1, -0.05) is 5.16 Å². The number of benzene rings is 2. The monoisotopic (exact) mass is 431 g/mol. The van der Waals surface area contributed by atoms with Gasteiger partial charge in [-0.05, 0) is 54.7 Å². The zero-order valence-electron chi connectivity index (χ0n) is 18.8. The number of hydrogen-bond acceptors (Lipinski definition) is 8. The van der Waals surface area contributed by atoms with E-state index in [0.717, 1.165) is 17.5 Å². The Kier molecular flexibility index (Phi) is 6.68. The second kappa shape index (κ2) is 9.24. The maximum absolute atomic E-state index is 9.95. The van der Waals surface area contributed by atoms with Crippen LogP contribution >= 0.6 is 0 Å². The summed E-state index contributed by atoms with van der Waals surface area (Å²) in [6.07, 6.45) is 2.19. The van der Waals surface area contributed by atoms with Crippen molar-refractivity contribution in [1.82, 2.24) is 0 Å². The standard InChI is InChI=1S/C23H29NO7/c1-26-16-10-14(11-17(27-2)21(16)30-5)23(9-7-8-20(23)24-25)15-12-18(28-3)22(31-6)19(13-15)29-4/h10-13,25H,7-9H2,1-6H3. The van der Waals surface area contributed by atoms with Gasteiger partial charge in [0.05, 0.1) is 53.8 Å². The summed E-state index contributed by atoms with van der Waals surface area (Å²) in [5.74, 6) is 3.07. The van der Waals surface area contributed by atoms with E-state index < -0.39 is 5.41 Å². The summed E-state index contributed by atoms with van der Waals surface area (Å²) in [5.41, 5.74) is 1.59. The highest BCUT2D eigenvalue weighted by Gasteiger charge is 2.45. The fourth-order valence-corrected chi connectivity index (χ4v) is 4.46. The van der Waals surface area contributed by atoms with Crippen molar-refractivity contribution >= 4 is 5.71 Å². The number of rotatable bonds is 8. The molecule has 2 aromatic carbocycles. The van der Waals surface area contributed by atoms with E-state index in [2.05, 4.69) is 5.16 Å². The normalized spacial score (nSPS) is 16.1. The minimum Gasteiger partial charge on any atom is -0.493 e. The van der Waals surface area contributed by atoms with E-state index in [1.807, 2.05) is 24.3 Å². The average Bonchev–Trinajstić information content (AvgIpc) is 3.26. The van der Waals surface area contributed by atoms with E-state index in [1.54, 1.807) is 42.7 Å². The number of ether oxygens (including phenoxy) is 6. The van der Waals surface area contributed by atoms with Gasteiger partial charge in [-0.2, -0.15) is 0 Å². The Morgan fingerprint density at radius 1 is 0.677 bits per heavy atom. The van der Waals surface area contributed by atoms with E-state index in [4.69, 9.17) is 28.4 Å². The van der Waals surface area contributed by atoms with Gasteiger partial charge in [-0.15, -0.1) is 0 Å². The van der Waals surface area contributed by atoms with Crippen LogP contribution in [0.2, 0.25) is 0 Å². The molecule has 0 amide bonds. The molecular weight excluding hydrogens is 402 g/mol. The van der Waals surface area contributed by atoms with Crippen molar-refractivity contribution in [2.45, 2.75) is 24.7 Å². The van der Waals surface area contributed by atoms with E-state index in [1.165, 1.54) is 0 Å². The second-order valence-corrected chi connectivity index (χ2v) is 7.13. The molecule has 2 aromatic rings. The topological polar surface area (TPSA) is 88.0 Å². The lowest BCUT2D eigenvalue weighted by Gasteiger charge is -2.32. The molecule has 0 radical (unpaired) electrons. The quantitative estimate of drug-likeness (QED) is 0.498. The predicted octanol–water partition coefficient (Wildman–Crippen LogP) is 4.04. The van der Waals surface area contributed by atoms with Crippen LogP contribution in [-0.2, 0) is 5.41 Å². The fourth-order valence-electron chi connectivity index (χ4n) is 4.46. The molecule has 1 fully saturated rings. The third kappa shape index (κ3) is 3.56. The van der Waals surface area contributed by atoms with Gasteiger partial charge in [0.25, 0.3) is 0 Å². The van der Waals surface area contributed by atoms with Crippen LogP contribution in [0.1, 0.15) is 30.4 Å². The largest absolute Gasteiger partial charge is 0.493 e. The van der Waals surface area contributed by atoms with Gasteiger partial charge in [0, 0.05) is 0 Å². The highest BCUT2D eigenvalue weighted by molar-refractivity contribution is 6.00. The molecule has 31 heavy (non-hydrogen) atoms. The molecule has 0 bridgehead atoms. The number of nitrogens with zero attached hydrogens (tertiary/aromatic N) is 1. The number of methoxy groups -OCH3 is 6. The first-order valence-corrected chi connectivity index (χ1v) is 9.86. The van der Waals surface area contributed by atoms with Crippen LogP contribution in [0, 0.1) is 0 Å². The molecule has 1 N–H and O–H groups in total. The Morgan fingerprint density at radius 3 is 1.35 bits per heavy atom. The molecule has 3 rings (SSSR count). The van der Waals surface area contributed by atoms with Crippen molar-refractivity contribution < 1.29 is 33.6 Å². The third-order valence-corrected chi connectivity index (χ3v) is 5.89. The summed E-state index contributed by atoms with van der Waals surface area (Å²) in [6.45, 7) is 0. The first kappa shape index (κ1) is 22.4. The van der Waals surface area contributed by atoms with Gasteiger partial charge < -0.3 is 33.6 Å². The maximum atomic E-state index is 9.95. The molecule has 0 unspecified atom stereocenters. The van der Waals surface area contributed by atoms with Gasteiger partial charge >= 0.3 is 0 Å². The lowest BCUT2D eigenvalue weighted by Crippen LogP contribution is -2.33. The lowest BCUT2D eigenvalue weighted by molar-refractivity contribution is 0.313. The molecule has 0 spiro atoms. The molecule has 1 aliphatic carbocycles. The van der Waals surface area contributed by atoms with E-state index in [0.29, 0.717) is 53.1 Å². The summed E-state index contributed by atoms with van der Waals surface area (Å²) in [4.78, 5) is 0. The van der Waals surface area contributed by atoms with Gasteiger partial charge in [-0.3, -0.25) is 0 Å². The smallest absolute Gasteiger partial charge is 0.203 e. The van der Waals surface area contributed by atoms with Crippen molar-refractivity contribution in [2.24, 2.45) is 5.16 Å². The second-order valence-electron chi connectivity index (χ2n) is 7.13. The van der Waals surface area contributed by atoms with Crippen LogP contribution in [0.25, 0.3) is 0 Å². The minimum absolute atomic E-state index is 0.495. The summed E-state index contributed by atoms with van der Waals surface area (Å²) in [7, 11) is 9.41. The SMILES string of the molecule is COc1cc(C2(c3cc(OC)c(OC)c(OC)c3)CCCC2=NO)cc(OC)c1OC. The summed E-state index contributed by atoms with van der Waals surface area (Å²) >= 11 is 0. The van der Waals surface area contributed by atoms with Crippen molar-refractivity contribution in [2.75, 3.05) is 42.7 Å². The van der Waals surface area contributed by atoms with Crippen molar-refractivity contribution in [1.29, 1.82) is 0 Å². The molecule has 8 nitrogen and oxygen atoms in total. The molecule has 1 saturated carbocycles. The fraction of sp³-hybridized carbons (Fsp3) is 0.435. The lowest BCUT2D eigenvalue weighted by atomic mass is 9.71. The Labute approximate surface area is 182 Å². The molecule has 0 saturated heterocycles. The first-order chi connectivity index (χ1) is 15.0. The molecule has 1 aliphatic rings. The van der Waals surface area contributed by atoms with Gasteiger partial charge in [0.1, 0.15) is 0 Å². The summed E-state index contributed by atoms with van der Waals surface area (Å²) < 4.78 is 33.3. The molecule has 0 aliphatic heterocycles. The van der Waals surface area contributed by atoms with E-state index in [9.17, 15) is 5.21 Å². The van der Waals surface area contributed by atoms with Crippen LogP contribution < -0.4 is 28.4 Å². The highest BCUT2D eigenvalue weighted by Crippen LogP contribution is 2.52. The molecule has 8 heteroatoms. The summed E-state index contributed by atoms with van der Waals surface area (Å²) in [6, 6.07) is 7.56. The summed E-state index contributed by atoms with van der Waals surface area (Å²) in [5, 5.41) is 13.6. The average molecular weight is 431 g/mol. The maximum Gasteiger partial charge on any atom is 0.203 e.